The number of nitrogens with zero attached hydrogens (tertiary/aromatic N) is 5. The van der Waals surface area contributed by atoms with Crippen molar-refractivity contribution in [3.63, 3.8) is 0 Å². The number of halogens is 1. The number of rotatable bonds is 8. The van der Waals surface area contributed by atoms with Crippen molar-refractivity contribution in [3.8, 4) is 6.07 Å². The van der Waals surface area contributed by atoms with E-state index >= 15 is 0 Å². The number of hydrogen-bond acceptors (Lipinski definition) is 3. The monoisotopic (exact) mass is 538 g/mol. The molecule has 0 saturated heterocycles. The summed E-state index contributed by atoms with van der Waals surface area (Å²) in [4.78, 5) is 6.60. The summed E-state index contributed by atoms with van der Waals surface area (Å²) in [5.74, 6) is 0. The molecular weight excluding hydrogens is 512 g/mol. The van der Waals surface area contributed by atoms with Crippen LogP contribution in [0.5, 0.6) is 0 Å². The van der Waals surface area contributed by atoms with Crippen LogP contribution in [0.25, 0.3) is 10.9 Å². The Kier molecular flexibility index (Phi) is 7.73. The minimum absolute atomic E-state index is 0.637. The van der Waals surface area contributed by atoms with Gasteiger partial charge in [0.05, 0.1) is 18.0 Å². The number of fused-ring (bicyclic) bond motifs is 1. The maximum absolute atomic E-state index is 9.07. The average molecular weight is 539 g/mol. The van der Waals surface area contributed by atoms with Gasteiger partial charge in [-0.2, -0.15) is 5.26 Å². The van der Waals surface area contributed by atoms with Crippen molar-refractivity contribution < 1.29 is 0 Å². The molecule has 3 aromatic carbocycles. The third-order valence-electron chi connectivity index (χ3n) is 6.58. The van der Waals surface area contributed by atoms with Gasteiger partial charge in [0, 0.05) is 72.8 Å². The fraction of sp³-hybridized carbons (Fsp3) is 0.167. The van der Waals surface area contributed by atoms with Crippen molar-refractivity contribution in [1.29, 1.82) is 5.26 Å². The molecule has 0 aliphatic heterocycles. The predicted molar refractivity (Wildman–Crippen MR) is 157 cm³/mol. The molecular formula is C30H27ClN6S. The van der Waals surface area contributed by atoms with Gasteiger partial charge in [0.2, 0.25) is 0 Å². The number of hydrogen-bond donors (Lipinski definition) is 1. The van der Waals surface area contributed by atoms with Gasteiger partial charge in [-0.05, 0) is 59.7 Å². The lowest BCUT2D eigenvalue weighted by atomic mass is 10.1. The van der Waals surface area contributed by atoms with Crippen LogP contribution in [0.3, 0.4) is 0 Å². The molecule has 0 spiro atoms. The van der Waals surface area contributed by atoms with Crippen LogP contribution in [0.2, 0.25) is 5.02 Å². The number of nitriles is 1. The molecule has 0 bridgehead atoms. The first kappa shape index (κ1) is 25.5. The summed E-state index contributed by atoms with van der Waals surface area (Å²) in [5, 5.41) is 15.0. The Balaban J connectivity index is 1.36. The number of aryl methyl sites for hydroxylation is 1. The number of para-hydroxylation sites is 1. The third kappa shape index (κ3) is 5.88. The van der Waals surface area contributed by atoms with E-state index in [0.29, 0.717) is 35.3 Å². The SMILES string of the molecule is Cn1cc(CN(CCc2cncn2Cc2ccc(C#N)cc2)C(=S)Nc2cccc(Cl)c2)c2ccccc21. The lowest BCUT2D eigenvalue weighted by molar-refractivity contribution is 0.419. The molecule has 8 heteroatoms. The molecule has 0 fully saturated rings. The highest BCUT2D eigenvalue weighted by Crippen LogP contribution is 2.23. The van der Waals surface area contributed by atoms with Crippen molar-refractivity contribution in [3.05, 3.63) is 119 Å². The van der Waals surface area contributed by atoms with Gasteiger partial charge >= 0.3 is 0 Å². The van der Waals surface area contributed by atoms with Crippen LogP contribution in [-0.2, 0) is 26.6 Å². The van der Waals surface area contributed by atoms with E-state index in [1.54, 1.807) is 0 Å². The third-order valence-corrected chi connectivity index (χ3v) is 7.17. The first-order valence-electron chi connectivity index (χ1n) is 12.3. The van der Waals surface area contributed by atoms with Gasteiger partial charge in [-0.1, -0.05) is 48.0 Å². The maximum Gasteiger partial charge on any atom is 0.173 e. The largest absolute Gasteiger partial charge is 0.350 e. The summed E-state index contributed by atoms with van der Waals surface area (Å²) < 4.78 is 4.30. The molecule has 0 amide bonds. The lowest BCUT2D eigenvalue weighted by Gasteiger charge is -2.26. The fourth-order valence-electron chi connectivity index (χ4n) is 4.61. The second kappa shape index (κ2) is 11.5. The highest BCUT2D eigenvalue weighted by Gasteiger charge is 2.16. The normalized spacial score (nSPS) is 10.9. The minimum Gasteiger partial charge on any atom is -0.350 e. The highest BCUT2D eigenvalue weighted by molar-refractivity contribution is 7.80. The maximum atomic E-state index is 9.07. The second-order valence-corrected chi connectivity index (χ2v) is 10.0. The molecule has 5 rings (SSSR count). The zero-order chi connectivity index (χ0) is 26.5. The number of aromatic nitrogens is 3. The quantitative estimate of drug-likeness (QED) is 0.232. The van der Waals surface area contributed by atoms with Crippen molar-refractivity contribution >= 4 is 45.5 Å². The topological polar surface area (TPSA) is 61.8 Å². The van der Waals surface area contributed by atoms with Gasteiger partial charge in [-0.3, -0.25) is 0 Å². The molecule has 6 nitrogen and oxygen atoms in total. The summed E-state index contributed by atoms with van der Waals surface area (Å²) in [6, 6.07) is 25.8. The Hall–Kier alpha value is -4.12. The Labute approximate surface area is 232 Å². The molecule has 38 heavy (non-hydrogen) atoms. The van der Waals surface area contributed by atoms with Crippen molar-refractivity contribution in [2.45, 2.75) is 19.5 Å². The van der Waals surface area contributed by atoms with Gasteiger partial charge in [-0.25, -0.2) is 4.98 Å². The molecule has 1 N–H and O–H groups in total. The molecule has 190 valence electrons. The lowest BCUT2D eigenvalue weighted by Crippen LogP contribution is -2.36. The molecule has 2 heterocycles. The van der Waals surface area contributed by atoms with Crippen LogP contribution in [0.1, 0.15) is 22.4 Å². The Morgan fingerprint density at radius 1 is 1.11 bits per heavy atom. The number of benzene rings is 3. The van der Waals surface area contributed by atoms with E-state index in [4.69, 9.17) is 29.1 Å². The van der Waals surface area contributed by atoms with Crippen molar-refractivity contribution in [2.24, 2.45) is 7.05 Å². The van der Waals surface area contributed by atoms with Gasteiger partial charge in [0.1, 0.15) is 0 Å². The molecule has 2 aromatic heterocycles. The summed E-state index contributed by atoms with van der Waals surface area (Å²) in [7, 11) is 2.07. The van der Waals surface area contributed by atoms with E-state index < -0.39 is 0 Å². The smallest absolute Gasteiger partial charge is 0.173 e. The van der Waals surface area contributed by atoms with Crippen LogP contribution < -0.4 is 5.32 Å². The van der Waals surface area contributed by atoms with Crippen LogP contribution in [0.4, 0.5) is 5.69 Å². The summed E-state index contributed by atoms with van der Waals surface area (Å²) in [6.45, 7) is 2.06. The highest BCUT2D eigenvalue weighted by atomic mass is 35.5. The van der Waals surface area contributed by atoms with E-state index in [1.807, 2.05) is 61.1 Å². The van der Waals surface area contributed by atoms with E-state index in [2.05, 4.69) is 67.9 Å². The van der Waals surface area contributed by atoms with Gasteiger partial charge in [0.25, 0.3) is 0 Å². The predicted octanol–water partition coefficient (Wildman–Crippen LogP) is 6.39. The molecule has 0 unspecified atom stereocenters. The average Bonchev–Trinajstić information content (AvgIpc) is 3.50. The molecule has 5 aromatic rings. The van der Waals surface area contributed by atoms with Gasteiger partial charge < -0.3 is 19.4 Å². The Morgan fingerprint density at radius 2 is 1.92 bits per heavy atom. The zero-order valence-electron chi connectivity index (χ0n) is 21.0. The van der Waals surface area contributed by atoms with E-state index in [9.17, 15) is 0 Å². The molecule has 0 aliphatic carbocycles. The van der Waals surface area contributed by atoms with Crippen LogP contribution >= 0.6 is 23.8 Å². The first-order chi connectivity index (χ1) is 18.5. The number of thiocarbonyl (C=S) groups is 1. The zero-order valence-corrected chi connectivity index (χ0v) is 22.6. The van der Waals surface area contributed by atoms with Crippen LogP contribution in [0, 0.1) is 11.3 Å². The molecule has 0 atom stereocenters. The van der Waals surface area contributed by atoms with E-state index in [-0.39, 0.29) is 0 Å². The standard InChI is InChI=1S/C30H27ClN6S/c1-35-19-24(28-7-2-3-8-29(28)35)20-36(30(38)34-26-6-4-5-25(31)15-26)14-13-27-17-33-21-37(27)18-23-11-9-22(16-32)10-12-23/h2-12,15,17,19,21H,13-14,18,20H2,1H3,(H,34,38). The van der Waals surface area contributed by atoms with Crippen molar-refractivity contribution in [1.82, 2.24) is 19.0 Å². The molecule has 0 radical (unpaired) electrons. The number of anilines is 1. The van der Waals surface area contributed by atoms with E-state index in [1.165, 1.54) is 16.5 Å². The summed E-state index contributed by atoms with van der Waals surface area (Å²) in [5.41, 5.74) is 6.15. The molecule has 0 aliphatic rings. The number of nitrogens with one attached hydrogen (secondary N) is 1. The van der Waals surface area contributed by atoms with Crippen molar-refractivity contribution in [2.75, 3.05) is 11.9 Å². The van der Waals surface area contributed by atoms with Crippen LogP contribution in [-0.4, -0.2) is 30.7 Å². The fourth-order valence-corrected chi connectivity index (χ4v) is 5.07. The Morgan fingerprint density at radius 3 is 2.71 bits per heavy atom. The Bertz CT molecular complexity index is 1610. The van der Waals surface area contributed by atoms with Gasteiger partial charge in [0.15, 0.2) is 5.11 Å². The molecule has 0 saturated carbocycles. The van der Waals surface area contributed by atoms with Gasteiger partial charge in [-0.15, -0.1) is 0 Å². The number of imidazole rings is 1. The second-order valence-electron chi connectivity index (χ2n) is 9.22. The summed E-state index contributed by atoms with van der Waals surface area (Å²) >= 11 is 12.1. The minimum atomic E-state index is 0.637. The summed E-state index contributed by atoms with van der Waals surface area (Å²) in [6.07, 6.45) is 6.70. The van der Waals surface area contributed by atoms with E-state index in [0.717, 1.165) is 23.4 Å². The first-order valence-corrected chi connectivity index (χ1v) is 13.1. The van der Waals surface area contributed by atoms with Crippen LogP contribution in [0.15, 0.2) is 91.5 Å².